The lowest BCUT2D eigenvalue weighted by atomic mass is 10.1. The summed E-state index contributed by atoms with van der Waals surface area (Å²) in [4.78, 5) is 11.2. The van der Waals surface area contributed by atoms with Crippen molar-refractivity contribution >= 4 is 32.4 Å². The zero-order valence-electron chi connectivity index (χ0n) is 8.32. The zero-order chi connectivity index (χ0) is 10.8. The lowest BCUT2D eigenvalue weighted by Gasteiger charge is -1.99. The van der Waals surface area contributed by atoms with Crippen molar-refractivity contribution in [3.05, 3.63) is 29.8 Å². The summed E-state index contributed by atoms with van der Waals surface area (Å²) in [6, 6.07) is 7.87. The number of anilines is 1. The fourth-order valence-electron chi connectivity index (χ4n) is 1.52. The third kappa shape index (κ3) is 1.80. The minimum Gasteiger partial charge on any atom is -0.469 e. The van der Waals surface area contributed by atoms with Gasteiger partial charge in [0.2, 0.25) is 0 Å². The molecule has 0 saturated heterocycles. The Bertz CT molecular complexity index is 504. The molecule has 1 aromatic heterocycles. The van der Waals surface area contributed by atoms with Gasteiger partial charge in [-0.1, -0.05) is 18.2 Å². The molecule has 4 heteroatoms. The Labute approximate surface area is 91.5 Å². The third-order valence-corrected chi connectivity index (χ3v) is 3.32. The van der Waals surface area contributed by atoms with E-state index in [1.807, 2.05) is 24.3 Å². The van der Waals surface area contributed by atoms with Gasteiger partial charge in [-0.15, -0.1) is 11.3 Å². The van der Waals surface area contributed by atoms with Gasteiger partial charge in [0, 0.05) is 10.3 Å². The molecule has 0 radical (unpaired) electrons. The van der Waals surface area contributed by atoms with Crippen molar-refractivity contribution in [3.63, 3.8) is 0 Å². The standard InChI is InChI=1S/C11H11NO2S/c1-14-10(13)6-8-7-4-2-3-5-9(7)15-11(8)12/h2-5H,6,12H2,1H3. The van der Waals surface area contributed by atoms with Crippen molar-refractivity contribution < 1.29 is 9.53 Å². The van der Waals surface area contributed by atoms with E-state index in [2.05, 4.69) is 4.74 Å². The highest BCUT2D eigenvalue weighted by atomic mass is 32.1. The highest BCUT2D eigenvalue weighted by Crippen LogP contribution is 2.33. The van der Waals surface area contributed by atoms with E-state index < -0.39 is 0 Å². The van der Waals surface area contributed by atoms with Crippen LogP contribution in [0.1, 0.15) is 5.56 Å². The molecule has 0 spiro atoms. The normalized spacial score (nSPS) is 10.5. The topological polar surface area (TPSA) is 52.3 Å². The Balaban J connectivity index is 2.49. The number of benzene rings is 1. The Kier molecular flexibility index (Phi) is 2.60. The van der Waals surface area contributed by atoms with Crippen LogP contribution in [-0.2, 0) is 16.0 Å². The molecule has 1 aromatic carbocycles. The second-order valence-electron chi connectivity index (χ2n) is 3.19. The van der Waals surface area contributed by atoms with Gasteiger partial charge in [0.05, 0.1) is 18.5 Å². The van der Waals surface area contributed by atoms with Gasteiger partial charge in [-0.2, -0.15) is 0 Å². The first-order valence-electron chi connectivity index (χ1n) is 4.55. The van der Waals surface area contributed by atoms with E-state index >= 15 is 0 Å². The molecule has 2 aromatic rings. The molecule has 3 nitrogen and oxygen atoms in total. The van der Waals surface area contributed by atoms with Gasteiger partial charge in [0.1, 0.15) is 0 Å². The molecule has 15 heavy (non-hydrogen) atoms. The number of carbonyl (C=O) groups is 1. The molecular weight excluding hydrogens is 210 g/mol. The minimum atomic E-state index is -0.259. The molecule has 0 atom stereocenters. The second-order valence-corrected chi connectivity index (χ2v) is 4.28. The SMILES string of the molecule is COC(=O)Cc1c(N)sc2ccccc12. The first-order chi connectivity index (χ1) is 7.22. The van der Waals surface area contributed by atoms with Crippen molar-refractivity contribution in [2.75, 3.05) is 12.8 Å². The smallest absolute Gasteiger partial charge is 0.310 e. The van der Waals surface area contributed by atoms with E-state index in [4.69, 9.17) is 5.73 Å². The fraction of sp³-hybridized carbons (Fsp3) is 0.182. The van der Waals surface area contributed by atoms with Crippen LogP contribution in [-0.4, -0.2) is 13.1 Å². The molecule has 0 saturated carbocycles. The molecule has 2 rings (SSSR count). The predicted molar refractivity (Wildman–Crippen MR) is 62.0 cm³/mol. The molecule has 0 aliphatic carbocycles. The van der Waals surface area contributed by atoms with Crippen LogP contribution in [0.5, 0.6) is 0 Å². The molecule has 2 N–H and O–H groups in total. The van der Waals surface area contributed by atoms with Crippen LogP contribution < -0.4 is 5.73 Å². The van der Waals surface area contributed by atoms with Gasteiger partial charge in [-0.3, -0.25) is 4.79 Å². The van der Waals surface area contributed by atoms with Crippen molar-refractivity contribution in [1.82, 2.24) is 0 Å². The maximum atomic E-state index is 11.2. The van der Waals surface area contributed by atoms with Crippen molar-refractivity contribution in [2.45, 2.75) is 6.42 Å². The average molecular weight is 221 g/mol. The Hall–Kier alpha value is -1.55. The van der Waals surface area contributed by atoms with E-state index in [1.165, 1.54) is 18.4 Å². The van der Waals surface area contributed by atoms with Gasteiger partial charge >= 0.3 is 5.97 Å². The molecule has 0 aliphatic rings. The Morgan fingerprint density at radius 2 is 2.20 bits per heavy atom. The summed E-state index contributed by atoms with van der Waals surface area (Å²) in [7, 11) is 1.38. The molecule has 0 bridgehead atoms. The summed E-state index contributed by atoms with van der Waals surface area (Å²) < 4.78 is 5.74. The highest BCUT2D eigenvalue weighted by Gasteiger charge is 2.12. The summed E-state index contributed by atoms with van der Waals surface area (Å²) in [5.41, 5.74) is 6.74. The first-order valence-corrected chi connectivity index (χ1v) is 5.36. The van der Waals surface area contributed by atoms with E-state index in [0.29, 0.717) is 5.00 Å². The largest absolute Gasteiger partial charge is 0.469 e. The van der Waals surface area contributed by atoms with E-state index in [1.54, 1.807) is 0 Å². The molecule has 1 heterocycles. The summed E-state index contributed by atoms with van der Waals surface area (Å²) in [6.07, 6.45) is 0.242. The molecule has 0 amide bonds. The Morgan fingerprint density at radius 3 is 2.93 bits per heavy atom. The molecular formula is C11H11NO2S. The first kappa shape index (κ1) is 9.98. The van der Waals surface area contributed by atoms with Crippen molar-refractivity contribution in [2.24, 2.45) is 0 Å². The van der Waals surface area contributed by atoms with Gasteiger partial charge in [0.25, 0.3) is 0 Å². The number of thiophene rings is 1. The van der Waals surface area contributed by atoms with Crippen LogP contribution in [0.25, 0.3) is 10.1 Å². The van der Waals surface area contributed by atoms with Crippen LogP contribution >= 0.6 is 11.3 Å². The van der Waals surface area contributed by atoms with Gasteiger partial charge in [-0.05, 0) is 11.5 Å². The number of hydrogen-bond donors (Lipinski definition) is 1. The van der Waals surface area contributed by atoms with Crippen molar-refractivity contribution in [3.8, 4) is 0 Å². The maximum Gasteiger partial charge on any atom is 0.310 e. The summed E-state index contributed by atoms with van der Waals surface area (Å²) in [6.45, 7) is 0. The Morgan fingerprint density at radius 1 is 1.47 bits per heavy atom. The number of nitrogens with two attached hydrogens (primary N) is 1. The van der Waals surface area contributed by atoms with Crippen LogP contribution in [0, 0.1) is 0 Å². The number of methoxy groups -OCH3 is 1. The second kappa shape index (κ2) is 3.90. The number of rotatable bonds is 2. The molecule has 0 unspecified atom stereocenters. The minimum absolute atomic E-state index is 0.242. The van der Waals surface area contributed by atoms with Crippen LogP contribution in [0.3, 0.4) is 0 Å². The van der Waals surface area contributed by atoms with Gasteiger partial charge in [-0.25, -0.2) is 0 Å². The van der Waals surface area contributed by atoms with Gasteiger partial charge in [0.15, 0.2) is 0 Å². The summed E-state index contributed by atoms with van der Waals surface area (Å²) in [5.74, 6) is -0.259. The summed E-state index contributed by atoms with van der Waals surface area (Å²) >= 11 is 1.50. The third-order valence-electron chi connectivity index (χ3n) is 2.28. The van der Waals surface area contributed by atoms with E-state index in [9.17, 15) is 4.79 Å². The fourth-order valence-corrected chi connectivity index (χ4v) is 2.51. The monoisotopic (exact) mass is 221 g/mol. The van der Waals surface area contributed by atoms with Crippen LogP contribution in [0.15, 0.2) is 24.3 Å². The maximum absolute atomic E-state index is 11.2. The van der Waals surface area contributed by atoms with Gasteiger partial charge < -0.3 is 10.5 Å². The highest BCUT2D eigenvalue weighted by molar-refractivity contribution is 7.22. The quantitative estimate of drug-likeness (QED) is 0.791. The van der Waals surface area contributed by atoms with E-state index in [-0.39, 0.29) is 12.4 Å². The van der Waals surface area contributed by atoms with Crippen LogP contribution in [0.2, 0.25) is 0 Å². The lowest BCUT2D eigenvalue weighted by Crippen LogP contribution is -2.05. The predicted octanol–water partition coefficient (Wildman–Crippen LogP) is 2.20. The van der Waals surface area contributed by atoms with E-state index in [0.717, 1.165) is 15.6 Å². The number of nitrogen functional groups attached to an aromatic ring is 1. The van der Waals surface area contributed by atoms with Crippen LogP contribution in [0.4, 0.5) is 5.00 Å². The zero-order valence-corrected chi connectivity index (χ0v) is 9.14. The number of ether oxygens (including phenoxy) is 1. The molecule has 78 valence electrons. The van der Waals surface area contributed by atoms with Crippen molar-refractivity contribution in [1.29, 1.82) is 0 Å². The molecule has 0 aliphatic heterocycles. The summed E-state index contributed by atoms with van der Waals surface area (Å²) in [5, 5.41) is 1.74. The number of hydrogen-bond acceptors (Lipinski definition) is 4. The lowest BCUT2D eigenvalue weighted by molar-refractivity contribution is -0.139. The molecule has 0 fully saturated rings. The number of esters is 1. The number of carbonyl (C=O) groups excluding carboxylic acids is 1. The number of fused-ring (bicyclic) bond motifs is 1. The average Bonchev–Trinajstić information content (AvgIpc) is 2.55.